The average molecular weight is 1670 g/mol. The molecule has 0 rings (SSSR count). The molecule has 0 aliphatic heterocycles. The van der Waals surface area contributed by atoms with Gasteiger partial charge in [0.05, 0.1) is 26.4 Å². The maximum Gasteiger partial charge on any atom is 0.472 e. The first-order valence-electron chi connectivity index (χ1n) is 46.1. The molecule has 0 bridgehead atoms. The molecule has 16 nitrogen and oxygen atoms in total. The molecule has 0 aliphatic carbocycles. The van der Waals surface area contributed by atoms with Gasteiger partial charge in [-0.05, 0) is 154 Å². The third-order valence-corrected chi connectivity index (χ3v) is 21.0. The van der Waals surface area contributed by atoms with Crippen molar-refractivity contribution in [2.75, 3.05) is 39.6 Å². The minimum absolute atomic E-state index is 0.0613. The molecule has 0 spiro atoms. The molecule has 0 amide bonds. The van der Waals surface area contributed by atoms with Gasteiger partial charge in [-0.15, -0.1) is 0 Å². The summed E-state index contributed by atoms with van der Waals surface area (Å²) in [6, 6.07) is 0. The Labute approximate surface area is 713 Å². The van der Waals surface area contributed by atoms with Gasteiger partial charge in [-0.2, -0.15) is 0 Å². The zero-order chi connectivity index (χ0) is 85.1. The topological polar surface area (TPSA) is 231 Å². The van der Waals surface area contributed by atoms with Gasteiger partial charge in [-0.1, -0.05) is 376 Å². The van der Waals surface area contributed by atoms with Crippen molar-refractivity contribution in [3.05, 3.63) is 182 Å². The standard InChI is InChI=1S/C99H166O16P2/c1-4-7-10-13-16-19-22-25-28-31-34-36-38-40-42-44-46-48-50-52-54-56-59-61-64-67-70-73-76-79-82-85-97(102)109-88-94(100)89-111-116(105,106)112-90-95(101)91-113-117(107,108)114-93-96(115-99(104)87-84-81-78-75-72-69-66-63-58-33-30-27-24-21-18-15-12-9-6-3)92-110-98(103)86-83-80-77-74-71-68-65-62-60-57-55-53-51-49-47-45-43-41-39-37-35-32-29-26-23-20-17-14-11-8-5-2/h7-12,16-21,25-30,34-37,40-43,58,63,69,72,94-96,100-101H,4-6,13-15,22-24,31-33,38-39,44-57,59-62,64-68,70-71,73-93H2,1-3H3,(H,105,106)(H,107,108)/b10-7-,11-8-,12-9-,19-16-,20-17-,21-18-,28-25-,29-26-,30-27-,36-34-,37-35-,42-40-,43-41-,63-58-,72-69-. The van der Waals surface area contributed by atoms with Gasteiger partial charge in [0.1, 0.15) is 25.4 Å². The third-order valence-electron chi connectivity index (χ3n) is 19.1. The summed E-state index contributed by atoms with van der Waals surface area (Å²) in [6.45, 7) is 2.34. The lowest BCUT2D eigenvalue weighted by molar-refractivity contribution is -0.161. The smallest absolute Gasteiger partial charge is 0.463 e. The molecule has 0 fully saturated rings. The summed E-state index contributed by atoms with van der Waals surface area (Å²) in [5.74, 6) is -1.61. The van der Waals surface area contributed by atoms with Crippen LogP contribution < -0.4 is 0 Å². The van der Waals surface area contributed by atoms with E-state index in [1.807, 2.05) is 0 Å². The van der Waals surface area contributed by atoms with Gasteiger partial charge in [0.25, 0.3) is 0 Å². The van der Waals surface area contributed by atoms with Gasteiger partial charge in [0.15, 0.2) is 6.10 Å². The number of hydrogen-bond acceptors (Lipinski definition) is 14. The number of carbonyl (C=O) groups excluding carboxylic acids is 3. The van der Waals surface area contributed by atoms with E-state index in [0.717, 1.165) is 161 Å². The molecule has 4 N–H and O–H groups in total. The molecule has 5 atom stereocenters. The van der Waals surface area contributed by atoms with Crippen molar-refractivity contribution in [1.29, 1.82) is 0 Å². The number of hydrogen-bond donors (Lipinski definition) is 4. The Morgan fingerprint density at radius 2 is 0.427 bits per heavy atom. The van der Waals surface area contributed by atoms with Crippen molar-refractivity contribution >= 4 is 33.6 Å². The van der Waals surface area contributed by atoms with Crippen LogP contribution >= 0.6 is 15.6 Å². The Bertz CT molecular complexity index is 2860. The van der Waals surface area contributed by atoms with Crippen molar-refractivity contribution in [3.63, 3.8) is 0 Å². The molecule has 0 aromatic rings. The van der Waals surface area contributed by atoms with Crippen molar-refractivity contribution in [2.45, 2.75) is 386 Å². The molecule has 117 heavy (non-hydrogen) atoms. The molecule has 668 valence electrons. The second kappa shape index (κ2) is 89.9. The molecule has 5 unspecified atom stereocenters. The Hall–Kier alpha value is -5.35. The molecule has 0 aliphatic rings. The summed E-state index contributed by atoms with van der Waals surface area (Å²) in [6.07, 6.45) is 118. The predicted octanol–water partition coefficient (Wildman–Crippen LogP) is 28.4. The number of phosphoric ester groups is 2. The number of aliphatic hydroxyl groups is 2. The number of rotatable bonds is 86. The van der Waals surface area contributed by atoms with E-state index >= 15 is 0 Å². The normalized spacial score (nSPS) is 14.6. The zero-order valence-corrected chi connectivity index (χ0v) is 75.4. The molecule has 0 saturated heterocycles. The van der Waals surface area contributed by atoms with Crippen molar-refractivity contribution in [1.82, 2.24) is 0 Å². The van der Waals surface area contributed by atoms with E-state index in [2.05, 4.69) is 203 Å². The Balaban J connectivity index is 4.57. The molecular weight excluding hydrogens is 1510 g/mol. The SMILES string of the molecule is CC/C=C\C/C=C\C/C=C\C/C=C\C/C=C\CCCCCCCCCCCCCCCCCC(=O)OCC(O)COP(=O)(O)OCC(O)COP(=O)(O)OCC(COC(=O)CCCCCCCCCCCCCCCCC/C=C\C/C=C\C/C=C\C/C=C\C/C=C\CC)OC(=O)CCCCC/C=C\C/C=C\C/C=C\C/C=C\C/C=C\CC. The van der Waals surface area contributed by atoms with Gasteiger partial charge in [-0.3, -0.25) is 32.5 Å². The van der Waals surface area contributed by atoms with E-state index in [4.69, 9.17) is 32.3 Å². The first-order chi connectivity index (χ1) is 57.2. The Morgan fingerprint density at radius 3 is 0.684 bits per heavy atom. The van der Waals surface area contributed by atoms with Crippen LogP contribution in [0.15, 0.2) is 182 Å². The maximum absolute atomic E-state index is 13.0. The summed E-state index contributed by atoms with van der Waals surface area (Å²) in [5, 5.41) is 20.7. The fourth-order valence-electron chi connectivity index (χ4n) is 12.2. The first kappa shape index (κ1) is 112. The summed E-state index contributed by atoms with van der Waals surface area (Å²) in [5.41, 5.74) is 0. The van der Waals surface area contributed by atoms with Crippen LogP contribution in [0, 0.1) is 0 Å². The average Bonchev–Trinajstić information content (AvgIpc) is 0.891. The number of allylic oxidation sites excluding steroid dienone is 30. The highest BCUT2D eigenvalue weighted by Crippen LogP contribution is 2.45. The predicted molar refractivity (Wildman–Crippen MR) is 491 cm³/mol. The number of unbranched alkanes of at least 4 members (excludes halogenated alkanes) is 33. The molecule has 18 heteroatoms. The number of carbonyl (C=O) groups is 3. The van der Waals surface area contributed by atoms with Crippen molar-refractivity contribution in [2.24, 2.45) is 0 Å². The summed E-state index contributed by atoms with van der Waals surface area (Å²) >= 11 is 0. The Kier molecular flexibility index (Phi) is 85.8. The minimum atomic E-state index is -4.95. The van der Waals surface area contributed by atoms with Crippen LogP contribution in [0.1, 0.15) is 367 Å². The van der Waals surface area contributed by atoms with Crippen molar-refractivity contribution < 1.29 is 75.8 Å². The van der Waals surface area contributed by atoms with Gasteiger partial charge < -0.3 is 34.2 Å². The number of esters is 3. The molecule has 0 radical (unpaired) electrons. The molecule has 0 saturated carbocycles. The lowest BCUT2D eigenvalue weighted by Gasteiger charge is -2.21. The largest absolute Gasteiger partial charge is 0.472 e. The molecule has 0 aromatic heterocycles. The third kappa shape index (κ3) is 91.2. The van der Waals surface area contributed by atoms with E-state index in [9.17, 15) is 43.5 Å². The quantitative estimate of drug-likeness (QED) is 0.0146. The van der Waals surface area contributed by atoms with E-state index in [0.29, 0.717) is 19.3 Å². The molecule has 0 aromatic carbocycles. The highest BCUT2D eigenvalue weighted by atomic mass is 31.2. The van der Waals surface area contributed by atoms with Gasteiger partial charge >= 0.3 is 33.6 Å². The summed E-state index contributed by atoms with van der Waals surface area (Å²) in [7, 11) is -9.82. The lowest BCUT2D eigenvalue weighted by Crippen LogP contribution is -2.30. The summed E-state index contributed by atoms with van der Waals surface area (Å²) in [4.78, 5) is 59.0. The van der Waals surface area contributed by atoms with E-state index in [1.165, 1.54) is 148 Å². The fraction of sp³-hybridized carbons (Fsp3) is 0.667. The first-order valence-corrected chi connectivity index (χ1v) is 49.1. The van der Waals surface area contributed by atoms with Crippen molar-refractivity contribution in [3.8, 4) is 0 Å². The number of aliphatic hydroxyl groups excluding tert-OH is 2. The van der Waals surface area contributed by atoms with E-state index < -0.39 is 91.5 Å². The zero-order valence-electron chi connectivity index (χ0n) is 73.6. The van der Waals surface area contributed by atoms with Crippen LogP contribution in [-0.2, 0) is 55.8 Å². The van der Waals surface area contributed by atoms with Gasteiger partial charge in [0.2, 0.25) is 0 Å². The monoisotopic (exact) mass is 1670 g/mol. The second-order valence-electron chi connectivity index (χ2n) is 30.3. The number of phosphoric acid groups is 2. The van der Waals surface area contributed by atoms with Crippen LogP contribution in [0.4, 0.5) is 0 Å². The summed E-state index contributed by atoms with van der Waals surface area (Å²) < 4.78 is 61.4. The van der Waals surface area contributed by atoms with Crippen LogP contribution in [-0.4, -0.2) is 95.9 Å². The van der Waals surface area contributed by atoms with Gasteiger partial charge in [-0.25, -0.2) is 9.13 Å². The molecular formula is C99H166O16P2. The number of ether oxygens (including phenoxy) is 3. The molecule has 0 heterocycles. The highest BCUT2D eigenvalue weighted by molar-refractivity contribution is 7.47. The maximum atomic E-state index is 13.0. The lowest BCUT2D eigenvalue weighted by atomic mass is 10.0. The van der Waals surface area contributed by atoms with Gasteiger partial charge in [0, 0.05) is 19.3 Å². The van der Waals surface area contributed by atoms with Crippen LogP contribution in [0.25, 0.3) is 0 Å². The minimum Gasteiger partial charge on any atom is -0.463 e. The van der Waals surface area contributed by atoms with E-state index in [-0.39, 0.29) is 19.3 Å². The van der Waals surface area contributed by atoms with Crippen LogP contribution in [0.5, 0.6) is 0 Å². The van der Waals surface area contributed by atoms with Crippen LogP contribution in [0.3, 0.4) is 0 Å². The van der Waals surface area contributed by atoms with E-state index in [1.54, 1.807) is 0 Å². The van der Waals surface area contributed by atoms with Crippen LogP contribution in [0.2, 0.25) is 0 Å². The second-order valence-corrected chi connectivity index (χ2v) is 33.2. The Morgan fingerprint density at radius 1 is 0.239 bits per heavy atom. The fourth-order valence-corrected chi connectivity index (χ4v) is 13.8. The highest BCUT2D eigenvalue weighted by Gasteiger charge is 2.29.